The molecule has 3 N–H and O–H groups in total. The SMILES string of the molecule is NC(=O)CN(C(=O)c1ccccc1O)[C@@H]1CCc2c(F)cc(Cl)cc21.c1ccccc1. The summed E-state index contributed by atoms with van der Waals surface area (Å²) in [4.78, 5) is 25.7. The molecular formula is C24H22ClFN2O3. The average molecular weight is 441 g/mol. The van der Waals surface area contributed by atoms with Gasteiger partial charge in [-0.1, -0.05) is 60.1 Å². The zero-order valence-corrected chi connectivity index (χ0v) is 17.4. The highest BCUT2D eigenvalue weighted by Gasteiger charge is 2.34. The molecular weight excluding hydrogens is 419 g/mol. The fourth-order valence-corrected chi connectivity index (χ4v) is 3.84. The van der Waals surface area contributed by atoms with E-state index in [-0.39, 0.29) is 22.9 Å². The summed E-state index contributed by atoms with van der Waals surface area (Å²) >= 11 is 5.95. The predicted molar refractivity (Wildman–Crippen MR) is 117 cm³/mol. The first kappa shape index (κ1) is 22.3. The van der Waals surface area contributed by atoms with Gasteiger partial charge in [-0.15, -0.1) is 0 Å². The number of nitrogens with zero attached hydrogens (tertiary/aromatic N) is 1. The highest BCUT2D eigenvalue weighted by atomic mass is 35.5. The van der Waals surface area contributed by atoms with Gasteiger partial charge in [0.1, 0.15) is 18.1 Å². The number of carbonyl (C=O) groups is 2. The molecule has 0 spiro atoms. The minimum absolute atomic E-state index is 0.0553. The van der Waals surface area contributed by atoms with Crippen LogP contribution in [0.3, 0.4) is 0 Å². The molecule has 0 aliphatic heterocycles. The molecule has 31 heavy (non-hydrogen) atoms. The molecule has 0 saturated carbocycles. The van der Waals surface area contributed by atoms with Gasteiger partial charge >= 0.3 is 0 Å². The molecule has 0 radical (unpaired) electrons. The maximum Gasteiger partial charge on any atom is 0.258 e. The third kappa shape index (κ3) is 5.41. The van der Waals surface area contributed by atoms with E-state index in [2.05, 4.69) is 0 Å². The Balaban J connectivity index is 0.000000391. The molecule has 5 nitrogen and oxygen atoms in total. The molecule has 160 valence electrons. The second-order valence-electron chi connectivity index (χ2n) is 7.08. The first-order chi connectivity index (χ1) is 14.9. The van der Waals surface area contributed by atoms with Gasteiger partial charge in [0.2, 0.25) is 5.91 Å². The summed E-state index contributed by atoms with van der Waals surface area (Å²) in [6, 6.07) is 20.3. The Morgan fingerprint density at radius 1 is 1.06 bits per heavy atom. The quantitative estimate of drug-likeness (QED) is 0.627. The van der Waals surface area contributed by atoms with Crippen LogP contribution in [0.1, 0.15) is 33.9 Å². The standard InChI is InChI=1S/C18H16ClFN2O3.C6H6/c19-10-7-13-11(14(20)8-10)5-6-15(13)22(9-17(21)24)18(25)12-3-1-2-4-16(12)23;1-2-4-6-5-3-1/h1-4,7-8,15,23H,5-6,9H2,(H2,21,24);1-6H/t15-;/m1./s1. The van der Waals surface area contributed by atoms with Gasteiger partial charge in [-0.2, -0.15) is 0 Å². The van der Waals surface area contributed by atoms with E-state index >= 15 is 0 Å². The van der Waals surface area contributed by atoms with Crippen LogP contribution in [0.4, 0.5) is 4.39 Å². The second-order valence-corrected chi connectivity index (χ2v) is 7.52. The summed E-state index contributed by atoms with van der Waals surface area (Å²) in [5, 5.41) is 10.2. The molecule has 7 heteroatoms. The zero-order chi connectivity index (χ0) is 22.4. The maximum atomic E-state index is 14.1. The number of aromatic hydroxyl groups is 1. The molecule has 2 amide bonds. The summed E-state index contributed by atoms with van der Waals surface area (Å²) in [5.74, 6) is -1.87. The largest absolute Gasteiger partial charge is 0.507 e. The summed E-state index contributed by atoms with van der Waals surface area (Å²) < 4.78 is 14.1. The van der Waals surface area contributed by atoms with Crippen LogP contribution >= 0.6 is 11.6 Å². The Morgan fingerprint density at radius 3 is 2.26 bits per heavy atom. The Hall–Kier alpha value is -3.38. The minimum Gasteiger partial charge on any atom is -0.507 e. The van der Waals surface area contributed by atoms with E-state index in [1.165, 1.54) is 23.1 Å². The van der Waals surface area contributed by atoms with Gasteiger partial charge in [0.15, 0.2) is 0 Å². The molecule has 1 aliphatic carbocycles. The van der Waals surface area contributed by atoms with Gasteiger partial charge in [-0.3, -0.25) is 9.59 Å². The van der Waals surface area contributed by atoms with Gasteiger partial charge in [-0.05, 0) is 48.2 Å². The monoisotopic (exact) mass is 440 g/mol. The molecule has 0 aromatic heterocycles. The lowest BCUT2D eigenvalue weighted by Crippen LogP contribution is -2.40. The van der Waals surface area contributed by atoms with Crippen LogP contribution in [0.2, 0.25) is 5.02 Å². The zero-order valence-electron chi connectivity index (χ0n) is 16.7. The van der Waals surface area contributed by atoms with Crippen LogP contribution in [0.25, 0.3) is 0 Å². The van der Waals surface area contributed by atoms with Crippen molar-refractivity contribution in [3.8, 4) is 5.75 Å². The molecule has 0 bridgehead atoms. The Morgan fingerprint density at radius 2 is 1.68 bits per heavy atom. The Bertz CT molecular complexity index is 1050. The molecule has 0 unspecified atom stereocenters. The fourth-order valence-electron chi connectivity index (χ4n) is 3.63. The topological polar surface area (TPSA) is 83.6 Å². The number of benzene rings is 3. The van der Waals surface area contributed by atoms with Gasteiger partial charge in [0, 0.05) is 5.02 Å². The van der Waals surface area contributed by atoms with Gasteiger partial charge in [-0.25, -0.2) is 4.39 Å². The molecule has 0 saturated heterocycles. The van der Waals surface area contributed by atoms with E-state index in [1.54, 1.807) is 18.2 Å². The number of carbonyl (C=O) groups excluding carboxylic acids is 2. The van der Waals surface area contributed by atoms with Crippen LogP contribution in [-0.2, 0) is 11.2 Å². The summed E-state index contributed by atoms with van der Waals surface area (Å²) in [7, 11) is 0. The number of hydrogen-bond acceptors (Lipinski definition) is 3. The van der Waals surface area contributed by atoms with Crippen LogP contribution < -0.4 is 5.73 Å². The minimum atomic E-state index is -0.695. The van der Waals surface area contributed by atoms with Gasteiger partial charge < -0.3 is 15.7 Å². The van der Waals surface area contributed by atoms with Crippen molar-refractivity contribution < 1.29 is 19.1 Å². The van der Waals surface area contributed by atoms with E-state index in [1.807, 2.05) is 36.4 Å². The van der Waals surface area contributed by atoms with E-state index in [0.717, 1.165) is 0 Å². The summed E-state index contributed by atoms with van der Waals surface area (Å²) in [6.45, 7) is -0.342. The van der Waals surface area contributed by atoms with Crippen molar-refractivity contribution >= 4 is 23.4 Å². The number of phenols is 1. The number of rotatable bonds is 4. The summed E-state index contributed by atoms with van der Waals surface area (Å²) in [5.41, 5.74) is 6.40. The van der Waals surface area contributed by atoms with Crippen molar-refractivity contribution in [2.24, 2.45) is 5.73 Å². The van der Waals surface area contributed by atoms with Gasteiger partial charge in [0.05, 0.1) is 11.6 Å². The van der Waals surface area contributed by atoms with Crippen LogP contribution in [0, 0.1) is 5.82 Å². The van der Waals surface area contributed by atoms with Crippen LogP contribution in [-0.4, -0.2) is 28.4 Å². The number of phenolic OH excluding ortho intramolecular Hbond substituents is 1. The maximum absolute atomic E-state index is 14.1. The first-order valence-corrected chi connectivity index (χ1v) is 10.1. The smallest absolute Gasteiger partial charge is 0.258 e. The van der Waals surface area contributed by atoms with Crippen LogP contribution in [0.15, 0.2) is 72.8 Å². The van der Waals surface area contributed by atoms with Crippen molar-refractivity contribution in [1.82, 2.24) is 4.90 Å². The molecule has 1 aliphatic rings. The Labute approximate surface area is 184 Å². The van der Waals surface area contributed by atoms with Crippen molar-refractivity contribution in [1.29, 1.82) is 0 Å². The van der Waals surface area contributed by atoms with Crippen molar-refractivity contribution in [2.75, 3.05) is 6.54 Å². The van der Waals surface area contributed by atoms with Crippen molar-refractivity contribution in [3.05, 3.63) is 100 Å². The third-order valence-electron chi connectivity index (χ3n) is 4.99. The lowest BCUT2D eigenvalue weighted by Gasteiger charge is -2.29. The predicted octanol–water partition coefficient (Wildman–Crippen LogP) is 4.49. The van der Waals surface area contributed by atoms with Crippen molar-refractivity contribution in [2.45, 2.75) is 18.9 Å². The van der Waals surface area contributed by atoms with E-state index in [4.69, 9.17) is 17.3 Å². The number of para-hydroxylation sites is 1. The molecule has 4 rings (SSSR count). The number of halogens is 2. The van der Waals surface area contributed by atoms with Crippen molar-refractivity contribution in [3.63, 3.8) is 0 Å². The Kier molecular flexibility index (Phi) is 7.26. The number of nitrogens with two attached hydrogens (primary N) is 1. The lowest BCUT2D eigenvalue weighted by atomic mass is 10.0. The highest BCUT2D eigenvalue weighted by Crippen LogP contribution is 2.39. The van der Waals surface area contributed by atoms with E-state index in [0.29, 0.717) is 24.0 Å². The molecule has 1 atom stereocenters. The molecule has 0 heterocycles. The van der Waals surface area contributed by atoms with Crippen LogP contribution in [0.5, 0.6) is 5.75 Å². The fraction of sp³-hybridized carbons (Fsp3) is 0.167. The molecule has 3 aromatic rings. The highest BCUT2D eigenvalue weighted by molar-refractivity contribution is 6.30. The lowest BCUT2D eigenvalue weighted by molar-refractivity contribution is -0.119. The normalized spacial score (nSPS) is 14.2. The number of fused-ring (bicyclic) bond motifs is 1. The number of amides is 2. The first-order valence-electron chi connectivity index (χ1n) is 9.73. The van der Waals surface area contributed by atoms with E-state index in [9.17, 15) is 19.1 Å². The number of primary amides is 1. The summed E-state index contributed by atoms with van der Waals surface area (Å²) in [6.07, 6.45) is 0.867. The second kappa shape index (κ2) is 10.1. The average Bonchev–Trinajstić information content (AvgIpc) is 3.17. The number of hydrogen-bond donors (Lipinski definition) is 2. The molecule has 0 fully saturated rings. The van der Waals surface area contributed by atoms with Gasteiger partial charge in [0.25, 0.3) is 5.91 Å². The molecule has 3 aromatic carbocycles. The third-order valence-corrected chi connectivity index (χ3v) is 5.20. The van der Waals surface area contributed by atoms with E-state index < -0.39 is 23.7 Å².